The molecule has 17 heavy (non-hydrogen) atoms. The minimum Gasteiger partial charge on any atom is -0.385 e. The van der Waals surface area contributed by atoms with E-state index in [0.29, 0.717) is 5.95 Å². The monoisotopic (exact) mass is 252 g/mol. The van der Waals surface area contributed by atoms with E-state index >= 15 is 0 Å². The van der Waals surface area contributed by atoms with Crippen LogP contribution in [0.25, 0.3) is 10.2 Å². The first kappa shape index (κ1) is 12.1. The van der Waals surface area contributed by atoms with Crippen LogP contribution in [0.1, 0.15) is 6.42 Å². The number of aromatic nitrogens is 2. The van der Waals surface area contributed by atoms with E-state index in [1.54, 1.807) is 18.4 Å². The number of nitrogens with one attached hydrogen (secondary N) is 2. The maximum Gasteiger partial charge on any atom is 0.225 e. The number of methoxy groups -OCH3 is 1. The van der Waals surface area contributed by atoms with Crippen LogP contribution in [-0.4, -0.2) is 37.3 Å². The van der Waals surface area contributed by atoms with Crippen molar-refractivity contribution in [3.8, 4) is 0 Å². The second-order valence-electron chi connectivity index (χ2n) is 3.56. The van der Waals surface area contributed by atoms with Crippen LogP contribution in [0.3, 0.4) is 0 Å². The second kappa shape index (κ2) is 5.79. The Bertz CT molecular complexity index is 485. The summed E-state index contributed by atoms with van der Waals surface area (Å²) in [4.78, 5) is 9.81. The number of hydrogen-bond acceptors (Lipinski definition) is 6. The van der Waals surface area contributed by atoms with Gasteiger partial charge in [-0.25, -0.2) is 4.98 Å². The van der Waals surface area contributed by atoms with Gasteiger partial charge in [0.05, 0.1) is 5.39 Å². The van der Waals surface area contributed by atoms with Gasteiger partial charge in [-0.15, -0.1) is 11.3 Å². The van der Waals surface area contributed by atoms with E-state index in [1.807, 2.05) is 18.5 Å². The fraction of sp³-hybridized carbons (Fsp3) is 0.455. The zero-order valence-corrected chi connectivity index (χ0v) is 10.8. The molecule has 0 fully saturated rings. The van der Waals surface area contributed by atoms with E-state index in [2.05, 4.69) is 20.6 Å². The first-order chi connectivity index (χ1) is 8.35. The Labute approximate surface area is 104 Å². The van der Waals surface area contributed by atoms with E-state index in [1.165, 1.54) is 0 Å². The van der Waals surface area contributed by atoms with Gasteiger partial charge in [-0.1, -0.05) is 0 Å². The first-order valence-electron chi connectivity index (χ1n) is 5.51. The molecular formula is C11H16N4OS. The Hall–Kier alpha value is -1.40. The van der Waals surface area contributed by atoms with E-state index in [9.17, 15) is 0 Å². The molecule has 2 aromatic heterocycles. The first-order valence-corrected chi connectivity index (χ1v) is 6.39. The van der Waals surface area contributed by atoms with Gasteiger partial charge >= 0.3 is 0 Å². The number of nitrogens with zero attached hydrogens (tertiary/aromatic N) is 2. The highest BCUT2D eigenvalue weighted by Crippen LogP contribution is 2.26. The van der Waals surface area contributed by atoms with E-state index < -0.39 is 0 Å². The molecule has 6 heteroatoms. The molecule has 0 unspecified atom stereocenters. The lowest BCUT2D eigenvalue weighted by Gasteiger charge is -2.08. The van der Waals surface area contributed by atoms with Gasteiger partial charge in [0.2, 0.25) is 5.95 Å². The Kier molecular flexibility index (Phi) is 4.11. The van der Waals surface area contributed by atoms with Gasteiger partial charge in [0.25, 0.3) is 0 Å². The predicted octanol–water partition coefficient (Wildman–Crippen LogP) is 2.18. The molecule has 0 aromatic carbocycles. The van der Waals surface area contributed by atoms with Crippen LogP contribution >= 0.6 is 11.3 Å². The minimum absolute atomic E-state index is 0.647. The van der Waals surface area contributed by atoms with Crippen LogP contribution in [0.4, 0.5) is 11.8 Å². The summed E-state index contributed by atoms with van der Waals surface area (Å²) in [6.07, 6.45) is 0.959. The average Bonchev–Trinajstić information content (AvgIpc) is 2.82. The third kappa shape index (κ3) is 2.83. The molecule has 2 aromatic rings. The Morgan fingerprint density at radius 2 is 2.29 bits per heavy atom. The van der Waals surface area contributed by atoms with Crippen LogP contribution in [0.5, 0.6) is 0 Å². The lowest BCUT2D eigenvalue weighted by Crippen LogP contribution is -2.08. The number of fused-ring (bicyclic) bond motifs is 1. The summed E-state index contributed by atoms with van der Waals surface area (Å²) in [6.45, 7) is 1.60. The van der Waals surface area contributed by atoms with Gasteiger partial charge in [0, 0.05) is 27.3 Å². The molecule has 0 aliphatic rings. The maximum atomic E-state index is 5.01. The number of rotatable bonds is 6. The summed E-state index contributed by atoms with van der Waals surface area (Å²) in [6, 6.07) is 2.04. The number of ether oxygens (including phenoxy) is 1. The molecule has 0 amide bonds. The van der Waals surface area contributed by atoms with Crippen LogP contribution in [0.15, 0.2) is 11.4 Å². The van der Waals surface area contributed by atoms with E-state index in [4.69, 9.17) is 4.74 Å². The van der Waals surface area contributed by atoms with Crippen molar-refractivity contribution in [3.63, 3.8) is 0 Å². The lowest BCUT2D eigenvalue weighted by atomic mass is 10.3. The molecule has 2 N–H and O–H groups in total. The number of anilines is 2. The van der Waals surface area contributed by atoms with Gasteiger partial charge in [0.1, 0.15) is 10.6 Å². The van der Waals surface area contributed by atoms with Crippen molar-refractivity contribution in [3.05, 3.63) is 11.4 Å². The molecule has 92 valence electrons. The summed E-state index contributed by atoms with van der Waals surface area (Å²) in [5.41, 5.74) is 0. The van der Waals surface area contributed by atoms with Crippen molar-refractivity contribution < 1.29 is 4.74 Å². The molecule has 0 atom stereocenters. The van der Waals surface area contributed by atoms with E-state index in [-0.39, 0.29) is 0 Å². The average molecular weight is 252 g/mol. The van der Waals surface area contributed by atoms with Gasteiger partial charge in [0.15, 0.2) is 0 Å². The highest BCUT2D eigenvalue weighted by molar-refractivity contribution is 7.16. The second-order valence-corrected chi connectivity index (χ2v) is 4.45. The van der Waals surface area contributed by atoms with Crippen molar-refractivity contribution in [2.45, 2.75) is 6.42 Å². The highest BCUT2D eigenvalue weighted by Gasteiger charge is 2.07. The van der Waals surface area contributed by atoms with Crippen LogP contribution in [0.2, 0.25) is 0 Å². The number of thiophene rings is 1. The summed E-state index contributed by atoms with van der Waals surface area (Å²) in [5, 5.41) is 9.39. The third-order valence-electron chi connectivity index (χ3n) is 2.37. The SMILES string of the molecule is CNc1nc(NCCCOC)c2ccsc2n1. The maximum absolute atomic E-state index is 5.01. The fourth-order valence-electron chi connectivity index (χ4n) is 1.53. The van der Waals surface area contributed by atoms with Crippen LogP contribution < -0.4 is 10.6 Å². The smallest absolute Gasteiger partial charge is 0.225 e. The molecule has 0 aliphatic heterocycles. The van der Waals surface area contributed by atoms with Crippen molar-refractivity contribution in [1.82, 2.24) is 9.97 Å². The topological polar surface area (TPSA) is 59.1 Å². The van der Waals surface area contributed by atoms with Crippen molar-refractivity contribution in [2.24, 2.45) is 0 Å². The Morgan fingerprint density at radius 3 is 3.06 bits per heavy atom. The highest BCUT2D eigenvalue weighted by atomic mass is 32.1. The van der Waals surface area contributed by atoms with Crippen molar-refractivity contribution >= 4 is 33.3 Å². The summed E-state index contributed by atoms with van der Waals surface area (Å²) < 4.78 is 5.01. The Morgan fingerprint density at radius 1 is 1.41 bits per heavy atom. The third-order valence-corrected chi connectivity index (χ3v) is 3.17. The Balaban J connectivity index is 2.16. The van der Waals surface area contributed by atoms with Crippen LogP contribution in [0, 0.1) is 0 Å². The molecular weight excluding hydrogens is 236 g/mol. The van der Waals surface area contributed by atoms with Crippen molar-refractivity contribution in [1.29, 1.82) is 0 Å². The fourth-order valence-corrected chi connectivity index (χ4v) is 2.29. The standard InChI is InChI=1S/C11H16N4OS/c1-12-11-14-9(13-5-3-6-16-2)8-4-7-17-10(8)15-11/h4,7H,3,5-6H2,1-2H3,(H2,12,13,14,15). The predicted molar refractivity (Wildman–Crippen MR) is 71.9 cm³/mol. The molecule has 0 aliphatic carbocycles. The zero-order chi connectivity index (χ0) is 12.1. The van der Waals surface area contributed by atoms with Gasteiger partial charge in [-0.05, 0) is 17.9 Å². The van der Waals surface area contributed by atoms with Gasteiger partial charge in [-0.2, -0.15) is 4.98 Å². The molecule has 0 saturated carbocycles. The molecule has 2 heterocycles. The summed E-state index contributed by atoms with van der Waals surface area (Å²) >= 11 is 1.62. The molecule has 0 bridgehead atoms. The number of hydrogen-bond donors (Lipinski definition) is 2. The summed E-state index contributed by atoms with van der Waals surface area (Å²) in [7, 11) is 3.53. The molecule has 0 spiro atoms. The minimum atomic E-state index is 0.647. The molecule has 0 saturated heterocycles. The molecule has 2 rings (SSSR count). The zero-order valence-electron chi connectivity index (χ0n) is 9.99. The molecule has 0 radical (unpaired) electrons. The lowest BCUT2D eigenvalue weighted by molar-refractivity contribution is 0.198. The van der Waals surface area contributed by atoms with Gasteiger partial charge < -0.3 is 15.4 Å². The normalized spacial score (nSPS) is 10.7. The van der Waals surface area contributed by atoms with Crippen LogP contribution in [-0.2, 0) is 4.74 Å². The quantitative estimate of drug-likeness (QED) is 0.772. The summed E-state index contributed by atoms with van der Waals surface area (Å²) in [5.74, 6) is 1.53. The molecule has 5 nitrogen and oxygen atoms in total. The largest absolute Gasteiger partial charge is 0.385 e. The van der Waals surface area contributed by atoms with Gasteiger partial charge in [-0.3, -0.25) is 0 Å². The van der Waals surface area contributed by atoms with E-state index in [0.717, 1.165) is 35.6 Å². The van der Waals surface area contributed by atoms with Crippen molar-refractivity contribution in [2.75, 3.05) is 37.9 Å².